The molecule has 3 rings (SSSR count). The van der Waals surface area contributed by atoms with Crippen molar-refractivity contribution < 1.29 is 14.3 Å². The minimum atomic E-state index is -0.461. The highest BCUT2D eigenvalue weighted by atomic mass is 35.5. The third-order valence-corrected chi connectivity index (χ3v) is 3.96. The van der Waals surface area contributed by atoms with E-state index in [1.54, 1.807) is 6.92 Å². The Morgan fingerprint density at radius 3 is 2.71 bits per heavy atom. The van der Waals surface area contributed by atoms with Crippen LogP contribution in [0.3, 0.4) is 0 Å². The third-order valence-electron chi connectivity index (χ3n) is 3.72. The molecule has 0 fully saturated rings. The highest BCUT2D eigenvalue weighted by Gasteiger charge is 2.13. The Bertz CT molecular complexity index is 917. The molecule has 0 saturated carbocycles. The molecule has 3 aromatic carbocycles. The first-order chi connectivity index (χ1) is 11.6. The van der Waals surface area contributed by atoms with Gasteiger partial charge in [0.1, 0.15) is 18.5 Å². The van der Waals surface area contributed by atoms with Gasteiger partial charge in [0, 0.05) is 21.9 Å². The number of hydrogen-bond acceptors (Lipinski definition) is 3. The molecule has 0 aliphatic rings. The number of rotatable bonds is 5. The minimum Gasteiger partial charge on any atom is -0.488 e. The summed E-state index contributed by atoms with van der Waals surface area (Å²) in [5.74, 6) is 0.282. The summed E-state index contributed by atoms with van der Waals surface area (Å²) in [6.45, 7) is 5.42. The molecule has 24 heavy (non-hydrogen) atoms. The van der Waals surface area contributed by atoms with Gasteiger partial charge in [-0.25, -0.2) is 4.79 Å². The molecular weight excluding hydrogens is 324 g/mol. The van der Waals surface area contributed by atoms with Crippen LogP contribution in [0.25, 0.3) is 21.5 Å². The van der Waals surface area contributed by atoms with Gasteiger partial charge in [0.25, 0.3) is 0 Å². The van der Waals surface area contributed by atoms with Crippen LogP contribution in [0.5, 0.6) is 5.75 Å². The van der Waals surface area contributed by atoms with Crippen LogP contribution in [0.1, 0.15) is 6.92 Å². The van der Waals surface area contributed by atoms with Crippen molar-refractivity contribution in [2.45, 2.75) is 13.0 Å². The Balaban J connectivity index is 2.01. The molecule has 3 aromatic rings. The van der Waals surface area contributed by atoms with Crippen molar-refractivity contribution in [1.29, 1.82) is 0 Å². The molecule has 122 valence electrons. The van der Waals surface area contributed by atoms with Gasteiger partial charge in [-0.15, -0.1) is 0 Å². The van der Waals surface area contributed by atoms with Crippen molar-refractivity contribution in [3.63, 3.8) is 0 Å². The zero-order chi connectivity index (χ0) is 17.1. The number of carbonyl (C=O) groups excluding carboxylic acids is 1. The van der Waals surface area contributed by atoms with E-state index in [-0.39, 0.29) is 12.7 Å². The monoisotopic (exact) mass is 340 g/mol. The summed E-state index contributed by atoms with van der Waals surface area (Å²) >= 11 is 6.16. The number of halogens is 1. The second-order valence-corrected chi connectivity index (χ2v) is 5.99. The predicted molar refractivity (Wildman–Crippen MR) is 97.7 cm³/mol. The van der Waals surface area contributed by atoms with E-state index >= 15 is 0 Å². The Morgan fingerprint density at radius 1 is 1.17 bits per heavy atom. The lowest BCUT2D eigenvalue weighted by Crippen LogP contribution is -2.21. The molecule has 0 aliphatic carbocycles. The summed E-state index contributed by atoms with van der Waals surface area (Å²) in [6.07, 6.45) is 0.757. The molecule has 0 amide bonds. The first-order valence-corrected chi connectivity index (χ1v) is 8.03. The molecule has 0 aromatic heterocycles. The fraction of sp³-hybridized carbons (Fsp3) is 0.150. The lowest BCUT2D eigenvalue weighted by molar-refractivity contribution is -0.143. The molecule has 0 aliphatic heterocycles. The number of carbonyl (C=O) groups is 1. The maximum Gasteiger partial charge on any atom is 0.330 e. The van der Waals surface area contributed by atoms with Gasteiger partial charge in [-0.1, -0.05) is 48.5 Å². The molecule has 3 nitrogen and oxygen atoms in total. The fourth-order valence-corrected chi connectivity index (χ4v) is 2.80. The molecular formula is C20H17ClO3. The van der Waals surface area contributed by atoms with E-state index in [0.717, 1.165) is 33.4 Å². The van der Waals surface area contributed by atoms with Crippen molar-refractivity contribution in [3.8, 4) is 5.75 Å². The summed E-state index contributed by atoms with van der Waals surface area (Å²) in [7, 11) is 0. The van der Waals surface area contributed by atoms with Crippen LogP contribution in [0.2, 0.25) is 5.02 Å². The van der Waals surface area contributed by atoms with Crippen molar-refractivity contribution in [2.75, 3.05) is 6.61 Å². The van der Waals surface area contributed by atoms with Gasteiger partial charge < -0.3 is 9.47 Å². The SMILES string of the molecule is C=CC(=O)OC(C)COc1c2ccccc2cc2ccc(Cl)cc12. The molecule has 0 heterocycles. The fourth-order valence-electron chi connectivity index (χ4n) is 2.63. The van der Waals surface area contributed by atoms with Gasteiger partial charge in [-0.3, -0.25) is 0 Å². The van der Waals surface area contributed by atoms with Crippen LogP contribution < -0.4 is 4.74 Å². The quantitative estimate of drug-likeness (QED) is 0.366. The van der Waals surface area contributed by atoms with Crippen LogP contribution >= 0.6 is 11.6 Å². The van der Waals surface area contributed by atoms with E-state index in [9.17, 15) is 4.79 Å². The first-order valence-electron chi connectivity index (χ1n) is 7.65. The van der Waals surface area contributed by atoms with Crippen molar-refractivity contribution in [1.82, 2.24) is 0 Å². The van der Waals surface area contributed by atoms with Crippen LogP contribution in [0.15, 0.2) is 61.2 Å². The zero-order valence-electron chi connectivity index (χ0n) is 13.3. The normalized spacial score (nSPS) is 12.1. The molecule has 1 unspecified atom stereocenters. The van der Waals surface area contributed by atoms with Gasteiger partial charge in [0.15, 0.2) is 0 Å². The molecule has 0 radical (unpaired) electrons. The summed E-state index contributed by atoms with van der Waals surface area (Å²) in [4.78, 5) is 11.3. The molecule has 0 saturated heterocycles. The lowest BCUT2D eigenvalue weighted by Gasteiger charge is -2.17. The minimum absolute atomic E-state index is 0.245. The standard InChI is InChI=1S/C20H17ClO3/c1-3-19(22)24-13(2)12-23-20-17-7-5-4-6-14(17)10-15-8-9-16(21)11-18(15)20/h3-11,13H,1,12H2,2H3. The summed E-state index contributed by atoms with van der Waals surface area (Å²) in [6, 6.07) is 15.8. The third kappa shape index (κ3) is 3.36. The lowest BCUT2D eigenvalue weighted by atomic mass is 10.0. The topological polar surface area (TPSA) is 35.5 Å². The Kier molecular flexibility index (Phi) is 4.72. The summed E-state index contributed by atoms with van der Waals surface area (Å²) in [5, 5.41) is 4.70. The van der Waals surface area contributed by atoms with Crippen LogP contribution in [0.4, 0.5) is 0 Å². The largest absolute Gasteiger partial charge is 0.488 e. The highest BCUT2D eigenvalue weighted by molar-refractivity contribution is 6.31. The average Bonchev–Trinajstić information content (AvgIpc) is 2.58. The van der Waals surface area contributed by atoms with Crippen molar-refractivity contribution >= 4 is 39.1 Å². The van der Waals surface area contributed by atoms with E-state index in [1.165, 1.54) is 0 Å². The average molecular weight is 341 g/mol. The van der Waals surface area contributed by atoms with E-state index < -0.39 is 5.97 Å². The smallest absolute Gasteiger partial charge is 0.330 e. The summed E-state index contributed by atoms with van der Waals surface area (Å²) < 4.78 is 11.2. The van der Waals surface area contributed by atoms with Crippen molar-refractivity contribution in [3.05, 3.63) is 66.2 Å². The molecule has 4 heteroatoms. The van der Waals surface area contributed by atoms with Crippen LogP contribution in [-0.2, 0) is 9.53 Å². The number of esters is 1. The predicted octanol–water partition coefficient (Wildman–Crippen LogP) is 5.14. The van der Waals surface area contributed by atoms with Gasteiger partial charge in [-0.05, 0) is 35.9 Å². The molecule has 1 atom stereocenters. The second-order valence-electron chi connectivity index (χ2n) is 5.55. The maximum atomic E-state index is 11.3. The van der Waals surface area contributed by atoms with Crippen molar-refractivity contribution in [2.24, 2.45) is 0 Å². The van der Waals surface area contributed by atoms with E-state index in [2.05, 4.69) is 12.6 Å². The van der Waals surface area contributed by atoms with Gasteiger partial charge >= 0.3 is 5.97 Å². The molecule has 0 bridgehead atoms. The van der Waals surface area contributed by atoms with E-state index in [4.69, 9.17) is 21.1 Å². The van der Waals surface area contributed by atoms with Crippen LogP contribution in [0, 0.1) is 0 Å². The Hall–Kier alpha value is -2.52. The second kappa shape index (κ2) is 6.93. The van der Waals surface area contributed by atoms with Crippen LogP contribution in [-0.4, -0.2) is 18.7 Å². The Morgan fingerprint density at radius 2 is 1.92 bits per heavy atom. The molecule has 0 N–H and O–H groups in total. The summed E-state index contributed by atoms with van der Waals surface area (Å²) in [5.41, 5.74) is 0. The molecule has 0 spiro atoms. The highest BCUT2D eigenvalue weighted by Crippen LogP contribution is 2.36. The number of ether oxygens (including phenoxy) is 2. The van der Waals surface area contributed by atoms with Gasteiger partial charge in [0.2, 0.25) is 0 Å². The number of hydrogen-bond donors (Lipinski definition) is 0. The number of fused-ring (bicyclic) bond motifs is 2. The zero-order valence-corrected chi connectivity index (χ0v) is 14.0. The number of benzene rings is 3. The van der Waals surface area contributed by atoms with E-state index in [1.807, 2.05) is 42.5 Å². The maximum absolute atomic E-state index is 11.3. The Labute approximate surface area is 145 Å². The first kappa shape index (κ1) is 16.3. The van der Waals surface area contributed by atoms with E-state index in [0.29, 0.717) is 5.02 Å². The van der Waals surface area contributed by atoms with Gasteiger partial charge in [0.05, 0.1) is 0 Å². The van der Waals surface area contributed by atoms with Gasteiger partial charge in [-0.2, -0.15) is 0 Å².